The zero-order valence-corrected chi connectivity index (χ0v) is 43.9. The van der Waals surface area contributed by atoms with E-state index >= 15 is 4.79 Å². The van der Waals surface area contributed by atoms with Gasteiger partial charge >= 0.3 is 18.3 Å². The lowest BCUT2D eigenvalue weighted by atomic mass is 10.0. The first-order valence-corrected chi connectivity index (χ1v) is 25.1. The highest BCUT2D eigenvalue weighted by Gasteiger charge is 2.35. The van der Waals surface area contributed by atoms with Crippen LogP contribution < -0.4 is 21.3 Å². The molecule has 22 heteroatoms. The maximum atomic E-state index is 15.0. The first-order valence-electron chi connectivity index (χ1n) is 23.1. The van der Waals surface area contributed by atoms with E-state index in [1.54, 1.807) is 90.2 Å². The van der Waals surface area contributed by atoms with Crippen LogP contribution in [0.5, 0.6) is 0 Å². The van der Waals surface area contributed by atoms with Crippen LogP contribution in [0.25, 0.3) is 10.9 Å². The van der Waals surface area contributed by atoms with E-state index in [1.165, 1.54) is 29.9 Å². The molecule has 3 heterocycles. The van der Waals surface area contributed by atoms with Crippen molar-refractivity contribution < 1.29 is 52.1 Å². The molecule has 0 radical (unpaired) electrons. The number of rotatable bonds is 13. The van der Waals surface area contributed by atoms with Crippen LogP contribution in [0.15, 0.2) is 75.3 Å². The minimum atomic E-state index is -2.85. The van der Waals surface area contributed by atoms with Gasteiger partial charge in [-0.25, -0.2) is 28.1 Å². The molecule has 0 unspecified atom stereocenters. The molecule has 17 nitrogen and oxygen atoms in total. The van der Waals surface area contributed by atoms with Gasteiger partial charge in [-0.15, -0.1) is 0 Å². The van der Waals surface area contributed by atoms with Gasteiger partial charge in [0.25, 0.3) is 6.43 Å². The Morgan fingerprint density at radius 1 is 0.958 bits per heavy atom. The summed E-state index contributed by atoms with van der Waals surface area (Å²) >= 11 is 11.8. The predicted molar refractivity (Wildman–Crippen MR) is 269 cm³/mol. The quantitative estimate of drug-likeness (QED) is 0.0796. The summed E-state index contributed by atoms with van der Waals surface area (Å²) in [6.07, 6.45) is -2.11. The third kappa shape index (κ3) is 16.5. The second-order valence-electron chi connectivity index (χ2n) is 19.0. The number of nitrogens with zero attached hydrogens (tertiary/aromatic N) is 4. The number of hydrogen-bond donors (Lipinski definition) is 5. The van der Waals surface area contributed by atoms with Crippen molar-refractivity contribution in [3.05, 3.63) is 87.1 Å². The number of halogens is 4. The summed E-state index contributed by atoms with van der Waals surface area (Å²) < 4.78 is 39.8. The number of amides is 5. The fourth-order valence-corrected chi connectivity index (χ4v) is 9.72. The number of benzene rings is 2. The molecular formula is C49H62BrClF2N8O9S. The third-order valence-electron chi connectivity index (χ3n) is 11.2. The molecule has 3 atom stereocenters. The lowest BCUT2D eigenvalue weighted by molar-refractivity contribution is -0.142. The van der Waals surface area contributed by atoms with E-state index in [4.69, 9.17) is 21.1 Å². The normalized spacial score (nSPS) is 17.4. The molecule has 0 fully saturated rings. The summed E-state index contributed by atoms with van der Waals surface area (Å²) in [4.78, 5) is 89.6. The summed E-state index contributed by atoms with van der Waals surface area (Å²) in [6.45, 7) is 9.24. The summed E-state index contributed by atoms with van der Waals surface area (Å²) in [5, 5.41) is 23.5. The Morgan fingerprint density at radius 3 is 2.35 bits per heavy atom. The van der Waals surface area contributed by atoms with Crippen molar-refractivity contribution in [2.24, 2.45) is 0 Å². The zero-order valence-electron chi connectivity index (χ0n) is 40.8. The van der Waals surface area contributed by atoms with Crippen molar-refractivity contribution in [2.45, 2.75) is 139 Å². The molecule has 5 rings (SSSR count). The number of alkyl carbamates (subject to hydrolysis) is 1. The van der Waals surface area contributed by atoms with E-state index < -0.39 is 78.3 Å². The van der Waals surface area contributed by atoms with Crippen molar-refractivity contribution in [1.29, 1.82) is 0 Å². The molecule has 0 aliphatic carbocycles. The van der Waals surface area contributed by atoms with Gasteiger partial charge in [0, 0.05) is 72.4 Å². The average Bonchev–Trinajstić information content (AvgIpc) is 3.66. The Kier molecular flexibility index (Phi) is 20.0. The van der Waals surface area contributed by atoms with Crippen molar-refractivity contribution in [2.75, 3.05) is 26.7 Å². The molecule has 386 valence electrons. The van der Waals surface area contributed by atoms with Crippen LogP contribution in [0.1, 0.15) is 90.3 Å². The number of unbranched alkanes of at least 4 members (excludes halogenated alkanes) is 1. The summed E-state index contributed by atoms with van der Waals surface area (Å²) in [7, 11) is 1.42. The number of para-hydroxylation sites is 1. The standard InChI is InChI=1S/C49H62BrClF2N8O9S/c1-48(2,3)69-45(65)55-22-13-17-35-41(62)58-36(16-10-11-23-60(28-39(52)53)47(68)70-49(4,5)6)44(64)59(7)38(24-30-27-61(46(66)67)37-18-9-8-15-31(30)37)42(63)57-26-32-33(50)19-20-34(51)40(32)71-43-29(25-56-35)14-12-21-54-43/h8-9,12,14-15,18-21,27,35-36,38-39,56H,10-11,13,16-17,22-26,28H2,1-7H3,(H,55,65)(H,57,63)(H,58,62)(H,66,67)/t35-,36-,38-/m0/s1. The van der Waals surface area contributed by atoms with E-state index in [9.17, 15) is 37.9 Å². The predicted octanol–water partition coefficient (Wildman–Crippen LogP) is 8.75. The number of fused-ring (bicyclic) bond motifs is 3. The van der Waals surface area contributed by atoms with Gasteiger partial charge in [0.2, 0.25) is 17.7 Å². The number of nitrogens with one attached hydrogen (secondary N) is 4. The molecule has 1 aliphatic heterocycles. The molecular weight excluding hydrogens is 1030 g/mol. The molecule has 0 spiro atoms. The minimum Gasteiger partial charge on any atom is -0.464 e. The van der Waals surface area contributed by atoms with Crippen molar-refractivity contribution in [3.8, 4) is 0 Å². The Hall–Kier alpha value is -5.51. The number of carbonyl (C=O) groups is 6. The molecule has 0 saturated heterocycles. The van der Waals surface area contributed by atoms with Crippen LogP contribution >= 0.6 is 39.3 Å². The van der Waals surface area contributed by atoms with Crippen LogP contribution in [-0.2, 0) is 43.4 Å². The molecule has 0 saturated carbocycles. The van der Waals surface area contributed by atoms with E-state index in [1.807, 2.05) is 6.07 Å². The van der Waals surface area contributed by atoms with Crippen LogP contribution in [-0.4, -0.2) is 123 Å². The Morgan fingerprint density at radius 2 is 1.66 bits per heavy atom. The van der Waals surface area contributed by atoms with Gasteiger partial charge in [-0.2, -0.15) is 0 Å². The smallest absolute Gasteiger partial charge is 0.416 e. The van der Waals surface area contributed by atoms with Gasteiger partial charge in [-0.3, -0.25) is 19.0 Å². The van der Waals surface area contributed by atoms with Gasteiger partial charge in [0.05, 0.1) is 23.1 Å². The first kappa shape index (κ1) is 56.4. The molecule has 5 amide bonds. The molecule has 1 aliphatic rings. The summed E-state index contributed by atoms with van der Waals surface area (Å²) in [5.74, 6) is -1.88. The van der Waals surface area contributed by atoms with E-state index in [-0.39, 0.29) is 58.3 Å². The number of ether oxygens (including phenoxy) is 2. The van der Waals surface area contributed by atoms with Crippen molar-refractivity contribution >= 4 is 86.2 Å². The van der Waals surface area contributed by atoms with Crippen LogP contribution in [0.3, 0.4) is 0 Å². The van der Waals surface area contributed by atoms with Gasteiger partial charge in [0.15, 0.2) is 0 Å². The highest BCUT2D eigenvalue weighted by Crippen LogP contribution is 2.40. The first-order chi connectivity index (χ1) is 33.4. The zero-order chi connectivity index (χ0) is 52.2. The Labute approximate surface area is 429 Å². The van der Waals surface area contributed by atoms with Gasteiger partial charge in [-0.05, 0) is 109 Å². The molecule has 2 aromatic carbocycles. The topological polar surface area (TPSA) is 214 Å². The highest BCUT2D eigenvalue weighted by molar-refractivity contribution is 9.10. The number of likely N-dealkylation sites (N-methyl/N-ethyl adjacent to an activating group) is 1. The Balaban J connectivity index is 1.56. The second kappa shape index (κ2) is 25.2. The molecule has 4 aromatic rings. The van der Waals surface area contributed by atoms with Gasteiger partial charge in [-0.1, -0.05) is 63.6 Å². The molecule has 5 N–H and O–H groups in total. The number of carboxylic acid groups (broad SMARTS) is 1. The monoisotopic (exact) mass is 1090 g/mol. The van der Waals surface area contributed by atoms with Crippen LogP contribution in [0.2, 0.25) is 5.02 Å². The fourth-order valence-electron chi connectivity index (χ4n) is 7.78. The molecule has 0 bridgehead atoms. The Bertz CT molecular complexity index is 2560. The molecule has 71 heavy (non-hydrogen) atoms. The van der Waals surface area contributed by atoms with Gasteiger partial charge in [0.1, 0.15) is 28.3 Å². The lowest BCUT2D eigenvalue weighted by Gasteiger charge is -2.32. The second-order valence-corrected chi connectivity index (χ2v) is 21.3. The lowest BCUT2D eigenvalue weighted by Crippen LogP contribution is -2.57. The van der Waals surface area contributed by atoms with E-state index in [0.717, 1.165) is 9.47 Å². The number of hydrogen-bond acceptors (Lipinski definition) is 11. The van der Waals surface area contributed by atoms with Crippen LogP contribution in [0, 0.1) is 0 Å². The average molecular weight is 1090 g/mol. The SMILES string of the molecule is CN1C(=O)[C@H](CCCCN(CC(F)F)C(=O)OC(C)(C)C)NC(=O)[C@H](CCCNC(=O)OC(C)(C)C)NCc2cccnc2Sc2c(Cl)ccc(Br)c2CNC(=O)[C@@H]1Cc1cn(C(=O)O)c2ccccc12. The molecule has 2 aromatic heterocycles. The summed E-state index contributed by atoms with van der Waals surface area (Å²) in [5.41, 5.74) is 0.428. The summed E-state index contributed by atoms with van der Waals surface area (Å²) in [6, 6.07) is 10.2. The number of aromatic nitrogens is 2. The largest absolute Gasteiger partial charge is 0.464 e. The van der Waals surface area contributed by atoms with Gasteiger partial charge < -0.3 is 45.6 Å². The van der Waals surface area contributed by atoms with Crippen LogP contribution in [0.4, 0.5) is 23.2 Å². The maximum Gasteiger partial charge on any atom is 0.416 e. The van der Waals surface area contributed by atoms with E-state index in [0.29, 0.717) is 53.4 Å². The minimum absolute atomic E-state index is 0.0481. The van der Waals surface area contributed by atoms with Crippen molar-refractivity contribution in [1.82, 2.24) is 40.6 Å². The number of alkyl halides is 2. The maximum absolute atomic E-state index is 15.0. The van der Waals surface area contributed by atoms with Crippen molar-refractivity contribution in [3.63, 3.8) is 0 Å². The fraction of sp³-hybridized carbons (Fsp3) is 0.490. The van der Waals surface area contributed by atoms with E-state index in [2.05, 4.69) is 42.2 Å². The highest BCUT2D eigenvalue weighted by atomic mass is 79.9. The third-order valence-corrected chi connectivity index (χ3v) is 13.6. The number of carbonyl (C=O) groups excluding carboxylic acids is 5. The number of pyridine rings is 1.